The molecule has 3 aromatic rings. The molecule has 0 fully saturated rings. The van der Waals surface area contributed by atoms with E-state index >= 15 is 0 Å². The van der Waals surface area contributed by atoms with Crippen molar-refractivity contribution >= 4 is 40.6 Å². The Morgan fingerprint density at radius 3 is 2.73 bits per heavy atom. The third kappa shape index (κ3) is 3.84. The number of non-ortho nitro benzene ring substituents is 1. The number of halogens is 2. The lowest BCUT2D eigenvalue weighted by molar-refractivity contribution is -0.384. The van der Waals surface area contributed by atoms with E-state index in [1.807, 2.05) is 6.07 Å². The van der Waals surface area contributed by atoms with Crippen LogP contribution in [0.4, 0.5) is 11.5 Å². The topological polar surface area (TPSA) is 90.1 Å². The molecule has 0 spiro atoms. The normalized spacial score (nSPS) is 10.5. The molecule has 9 heteroatoms. The van der Waals surface area contributed by atoms with Gasteiger partial charge in [0, 0.05) is 23.8 Å². The number of aromatic nitrogens is 2. The van der Waals surface area contributed by atoms with E-state index in [9.17, 15) is 14.9 Å². The summed E-state index contributed by atoms with van der Waals surface area (Å²) in [4.78, 5) is 22.7. The predicted molar refractivity (Wildman–Crippen MR) is 98.8 cm³/mol. The molecular weight excluding hydrogens is 379 g/mol. The van der Waals surface area contributed by atoms with Crippen molar-refractivity contribution in [2.75, 3.05) is 5.32 Å². The summed E-state index contributed by atoms with van der Waals surface area (Å²) >= 11 is 12.2. The molecule has 0 aliphatic heterocycles. The zero-order valence-corrected chi connectivity index (χ0v) is 14.7. The summed E-state index contributed by atoms with van der Waals surface area (Å²) in [6.07, 6.45) is 1.53. The summed E-state index contributed by atoms with van der Waals surface area (Å²) in [6, 6.07) is 12.4. The minimum absolute atomic E-state index is 0.156. The first-order chi connectivity index (χ1) is 12.5. The number of nitrogens with zero attached hydrogens (tertiary/aromatic N) is 3. The maximum Gasteiger partial charge on any atom is 0.270 e. The fraction of sp³-hybridized carbons (Fsp3) is 0.0588. The Balaban J connectivity index is 1.81. The number of nitro benzene ring substituents is 1. The molecule has 0 bridgehead atoms. The summed E-state index contributed by atoms with van der Waals surface area (Å²) in [5, 5.41) is 18.5. The van der Waals surface area contributed by atoms with Crippen LogP contribution in [0.5, 0.6) is 0 Å². The zero-order valence-electron chi connectivity index (χ0n) is 13.2. The molecular formula is C17H12Cl2N4O3. The second kappa shape index (κ2) is 7.55. The van der Waals surface area contributed by atoms with E-state index in [2.05, 4.69) is 10.4 Å². The van der Waals surface area contributed by atoms with Gasteiger partial charge in [0.1, 0.15) is 5.82 Å². The SMILES string of the molecule is O=C(Nc1ccnn1Cc1cccc(Cl)c1Cl)c1cccc([N+](=O)[O-])c1. The van der Waals surface area contributed by atoms with Crippen LogP contribution in [-0.4, -0.2) is 20.6 Å². The van der Waals surface area contributed by atoms with Crippen LogP contribution in [0.15, 0.2) is 54.7 Å². The van der Waals surface area contributed by atoms with Crippen molar-refractivity contribution in [2.45, 2.75) is 6.54 Å². The summed E-state index contributed by atoms with van der Waals surface area (Å²) in [6.45, 7) is 0.303. The Labute approximate surface area is 158 Å². The summed E-state index contributed by atoms with van der Waals surface area (Å²) in [5.41, 5.74) is 0.762. The van der Waals surface area contributed by atoms with Crippen molar-refractivity contribution in [2.24, 2.45) is 0 Å². The maximum absolute atomic E-state index is 12.4. The molecule has 0 aliphatic rings. The highest BCUT2D eigenvalue weighted by Gasteiger charge is 2.14. The third-order valence-corrected chi connectivity index (χ3v) is 4.49. The van der Waals surface area contributed by atoms with E-state index in [1.54, 1.807) is 22.9 Å². The van der Waals surface area contributed by atoms with E-state index in [-0.39, 0.29) is 11.3 Å². The number of anilines is 1. The summed E-state index contributed by atoms with van der Waals surface area (Å²) in [7, 11) is 0. The molecule has 3 rings (SSSR count). The molecule has 2 aromatic carbocycles. The van der Waals surface area contributed by atoms with Gasteiger partial charge in [-0.2, -0.15) is 5.10 Å². The lowest BCUT2D eigenvalue weighted by atomic mass is 10.2. The van der Waals surface area contributed by atoms with E-state index in [0.717, 1.165) is 5.56 Å². The van der Waals surface area contributed by atoms with Gasteiger partial charge in [-0.25, -0.2) is 4.68 Å². The maximum atomic E-state index is 12.4. The molecule has 0 saturated carbocycles. The quantitative estimate of drug-likeness (QED) is 0.516. The van der Waals surface area contributed by atoms with Crippen molar-refractivity contribution < 1.29 is 9.72 Å². The molecule has 132 valence electrons. The second-order valence-electron chi connectivity index (χ2n) is 5.35. The van der Waals surface area contributed by atoms with Crippen LogP contribution in [0.1, 0.15) is 15.9 Å². The minimum Gasteiger partial charge on any atom is -0.307 e. The van der Waals surface area contributed by atoms with Gasteiger partial charge in [0.05, 0.1) is 27.7 Å². The van der Waals surface area contributed by atoms with Crippen molar-refractivity contribution in [3.05, 3.63) is 86.0 Å². The smallest absolute Gasteiger partial charge is 0.270 e. The van der Waals surface area contributed by atoms with E-state index in [4.69, 9.17) is 23.2 Å². The highest BCUT2D eigenvalue weighted by atomic mass is 35.5. The summed E-state index contributed by atoms with van der Waals surface area (Å²) in [5.74, 6) is -0.0508. The molecule has 0 unspecified atom stereocenters. The van der Waals surface area contributed by atoms with Crippen LogP contribution in [0, 0.1) is 10.1 Å². The van der Waals surface area contributed by atoms with Gasteiger partial charge in [-0.1, -0.05) is 41.4 Å². The first-order valence-electron chi connectivity index (χ1n) is 7.46. The van der Waals surface area contributed by atoms with Gasteiger partial charge in [-0.3, -0.25) is 14.9 Å². The van der Waals surface area contributed by atoms with Gasteiger partial charge in [-0.15, -0.1) is 0 Å². The summed E-state index contributed by atoms with van der Waals surface area (Å²) < 4.78 is 1.55. The zero-order chi connectivity index (χ0) is 18.7. The first kappa shape index (κ1) is 17.9. The average Bonchev–Trinajstić information content (AvgIpc) is 3.05. The highest BCUT2D eigenvalue weighted by Crippen LogP contribution is 2.26. The largest absolute Gasteiger partial charge is 0.307 e. The minimum atomic E-state index is -0.553. The van der Waals surface area contributed by atoms with Gasteiger partial charge in [0.15, 0.2) is 0 Å². The molecule has 1 amide bonds. The number of benzene rings is 2. The van der Waals surface area contributed by atoms with Crippen LogP contribution in [0.25, 0.3) is 0 Å². The van der Waals surface area contributed by atoms with Crippen molar-refractivity contribution in [3.8, 4) is 0 Å². The van der Waals surface area contributed by atoms with E-state index in [1.165, 1.54) is 30.5 Å². The number of carbonyl (C=O) groups excluding carboxylic acids is 1. The lowest BCUT2D eigenvalue weighted by Gasteiger charge is -2.11. The molecule has 0 radical (unpaired) electrons. The Bertz CT molecular complexity index is 988. The fourth-order valence-corrected chi connectivity index (χ4v) is 2.73. The molecule has 1 aromatic heterocycles. The van der Waals surface area contributed by atoms with Gasteiger partial charge in [-0.05, 0) is 17.7 Å². The molecule has 1 N–H and O–H groups in total. The Morgan fingerprint density at radius 1 is 1.19 bits per heavy atom. The number of nitrogens with one attached hydrogen (secondary N) is 1. The van der Waals surface area contributed by atoms with Gasteiger partial charge < -0.3 is 5.32 Å². The average molecular weight is 391 g/mol. The number of amides is 1. The molecule has 0 aliphatic carbocycles. The second-order valence-corrected chi connectivity index (χ2v) is 6.13. The lowest BCUT2D eigenvalue weighted by Crippen LogP contribution is -2.16. The van der Waals surface area contributed by atoms with Crippen molar-refractivity contribution in [1.29, 1.82) is 0 Å². The standard InChI is InChI=1S/C17H12Cl2N4O3/c18-14-6-2-4-12(16(14)19)10-22-15(7-8-20-22)21-17(24)11-3-1-5-13(9-11)23(25)26/h1-9H,10H2,(H,21,24). The molecule has 26 heavy (non-hydrogen) atoms. The van der Waals surface area contributed by atoms with Gasteiger partial charge in [0.2, 0.25) is 0 Å². The highest BCUT2D eigenvalue weighted by molar-refractivity contribution is 6.42. The first-order valence-corrected chi connectivity index (χ1v) is 8.22. The Kier molecular flexibility index (Phi) is 5.20. The van der Waals surface area contributed by atoms with Crippen LogP contribution < -0.4 is 5.32 Å². The number of hydrogen-bond donors (Lipinski definition) is 1. The monoisotopic (exact) mass is 390 g/mol. The van der Waals surface area contributed by atoms with E-state index < -0.39 is 10.8 Å². The molecule has 0 atom stereocenters. The number of hydrogen-bond acceptors (Lipinski definition) is 4. The fourth-order valence-electron chi connectivity index (χ4n) is 2.35. The van der Waals surface area contributed by atoms with Gasteiger partial charge in [0.25, 0.3) is 11.6 Å². The van der Waals surface area contributed by atoms with Gasteiger partial charge >= 0.3 is 0 Å². The molecule has 7 nitrogen and oxygen atoms in total. The van der Waals surface area contributed by atoms with Crippen LogP contribution in [0.3, 0.4) is 0 Å². The van der Waals surface area contributed by atoms with Crippen LogP contribution in [0.2, 0.25) is 10.0 Å². The van der Waals surface area contributed by atoms with Crippen LogP contribution in [-0.2, 0) is 6.54 Å². The number of rotatable bonds is 5. The predicted octanol–water partition coefficient (Wildman–Crippen LogP) is 4.40. The van der Waals surface area contributed by atoms with Crippen molar-refractivity contribution in [1.82, 2.24) is 9.78 Å². The Hall–Kier alpha value is -2.90. The number of carbonyl (C=O) groups is 1. The van der Waals surface area contributed by atoms with Crippen LogP contribution >= 0.6 is 23.2 Å². The molecule has 0 saturated heterocycles. The van der Waals surface area contributed by atoms with Crippen molar-refractivity contribution in [3.63, 3.8) is 0 Å². The van der Waals surface area contributed by atoms with E-state index in [0.29, 0.717) is 22.4 Å². The Morgan fingerprint density at radius 2 is 1.96 bits per heavy atom. The third-order valence-electron chi connectivity index (χ3n) is 3.63. The number of nitro groups is 1. The molecule has 1 heterocycles.